The minimum Gasteiger partial charge on any atom is -0.330 e. The van der Waals surface area contributed by atoms with Crippen molar-refractivity contribution in [2.24, 2.45) is 5.73 Å². The summed E-state index contributed by atoms with van der Waals surface area (Å²) in [5.41, 5.74) is 5.52. The highest BCUT2D eigenvalue weighted by Gasteiger charge is 2.35. The van der Waals surface area contributed by atoms with Crippen molar-refractivity contribution in [3.05, 3.63) is 24.1 Å². The predicted octanol–water partition coefficient (Wildman–Crippen LogP) is 1.11. The van der Waals surface area contributed by atoms with Crippen molar-refractivity contribution in [3.8, 4) is 0 Å². The molecule has 0 radical (unpaired) electrons. The molecule has 1 atom stereocenters. The van der Waals surface area contributed by atoms with Crippen molar-refractivity contribution >= 4 is 10.0 Å². The van der Waals surface area contributed by atoms with E-state index in [0.29, 0.717) is 19.5 Å². The van der Waals surface area contributed by atoms with Crippen molar-refractivity contribution in [3.63, 3.8) is 0 Å². The van der Waals surface area contributed by atoms with Crippen molar-refractivity contribution < 1.29 is 12.8 Å². The van der Waals surface area contributed by atoms with E-state index in [4.69, 9.17) is 5.73 Å². The van der Waals surface area contributed by atoms with Crippen LogP contribution < -0.4 is 5.73 Å². The molecule has 2 N–H and O–H groups in total. The third kappa shape index (κ3) is 2.93. The number of halogens is 1. The van der Waals surface area contributed by atoms with E-state index < -0.39 is 20.9 Å². The second kappa shape index (κ2) is 5.94. The Morgan fingerprint density at radius 1 is 1.47 bits per heavy atom. The van der Waals surface area contributed by atoms with Gasteiger partial charge < -0.3 is 5.73 Å². The highest BCUT2D eigenvalue weighted by molar-refractivity contribution is 7.89. The highest BCUT2D eigenvalue weighted by Crippen LogP contribution is 2.26. The van der Waals surface area contributed by atoms with E-state index in [1.54, 1.807) is 0 Å². The molecule has 1 fully saturated rings. The lowest BCUT2D eigenvalue weighted by Crippen LogP contribution is -2.45. The Labute approximate surface area is 112 Å². The van der Waals surface area contributed by atoms with Crippen LogP contribution in [0.25, 0.3) is 0 Å². The maximum absolute atomic E-state index is 13.7. The summed E-state index contributed by atoms with van der Waals surface area (Å²) in [5.74, 6) is -0.806. The molecule has 7 heteroatoms. The summed E-state index contributed by atoms with van der Waals surface area (Å²) >= 11 is 0. The Morgan fingerprint density at radius 2 is 2.26 bits per heavy atom. The lowest BCUT2D eigenvalue weighted by molar-refractivity contribution is 0.242. The zero-order valence-corrected chi connectivity index (χ0v) is 11.4. The van der Waals surface area contributed by atoms with Crippen LogP contribution in [0, 0.1) is 5.82 Å². The van der Waals surface area contributed by atoms with Crippen LogP contribution in [-0.2, 0) is 10.0 Å². The molecule has 0 aliphatic carbocycles. The first kappa shape index (κ1) is 14.4. The molecule has 1 aromatic rings. The molecule has 0 bridgehead atoms. The molecule has 1 unspecified atom stereocenters. The fourth-order valence-corrected chi connectivity index (χ4v) is 4.15. The maximum atomic E-state index is 13.7. The van der Waals surface area contributed by atoms with Crippen LogP contribution in [0.15, 0.2) is 23.4 Å². The average Bonchev–Trinajstić information content (AvgIpc) is 2.40. The maximum Gasteiger partial charge on any atom is 0.263 e. The second-order valence-electron chi connectivity index (χ2n) is 4.63. The van der Waals surface area contributed by atoms with Crippen LogP contribution in [0.1, 0.15) is 25.7 Å². The zero-order chi connectivity index (χ0) is 13.9. The molecule has 5 nitrogen and oxygen atoms in total. The number of hydrogen-bond acceptors (Lipinski definition) is 4. The van der Waals surface area contributed by atoms with E-state index in [9.17, 15) is 12.8 Å². The van der Waals surface area contributed by atoms with Gasteiger partial charge >= 0.3 is 0 Å². The van der Waals surface area contributed by atoms with E-state index in [2.05, 4.69) is 4.98 Å². The third-order valence-corrected chi connectivity index (χ3v) is 5.24. The normalized spacial score (nSPS) is 21.5. The average molecular weight is 287 g/mol. The van der Waals surface area contributed by atoms with Gasteiger partial charge in [0.2, 0.25) is 5.03 Å². The summed E-state index contributed by atoms with van der Waals surface area (Å²) in [7, 11) is -3.87. The van der Waals surface area contributed by atoms with Gasteiger partial charge in [-0.25, -0.2) is 17.8 Å². The van der Waals surface area contributed by atoms with Crippen LogP contribution in [0.5, 0.6) is 0 Å². The molecule has 0 aromatic carbocycles. The molecular formula is C12H18FN3O2S. The molecule has 2 heterocycles. The topological polar surface area (TPSA) is 76.3 Å². The first-order valence-electron chi connectivity index (χ1n) is 6.40. The monoisotopic (exact) mass is 287 g/mol. The standard InChI is InChI=1S/C12H18FN3O2S/c13-11-5-3-8-15-12(11)19(17,18)16-9-2-1-4-10(16)6-7-14/h3,5,8,10H,1-2,4,6-7,9,14H2. The number of pyridine rings is 1. The number of nitrogens with two attached hydrogens (primary N) is 1. The van der Waals surface area contributed by atoms with E-state index in [-0.39, 0.29) is 6.04 Å². The Bertz CT molecular complexity index is 534. The Kier molecular flexibility index (Phi) is 4.49. The molecule has 1 aliphatic heterocycles. The van der Waals surface area contributed by atoms with Gasteiger partial charge in [0.25, 0.3) is 10.0 Å². The predicted molar refractivity (Wildman–Crippen MR) is 69.4 cm³/mol. The lowest BCUT2D eigenvalue weighted by atomic mass is 10.0. The van der Waals surface area contributed by atoms with Gasteiger partial charge in [-0.05, 0) is 37.9 Å². The third-order valence-electron chi connectivity index (χ3n) is 3.35. The van der Waals surface area contributed by atoms with Crippen molar-refractivity contribution in [1.29, 1.82) is 0 Å². The Balaban J connectivity index is 2.35. The first-order valence-corrected chi connectivity index (χ1v) is 7.84. The summed E-state index contributed by atoms with van der Waals surface area (Å²) in [6.45, 7) is 0.824. The summed E-state index contributed by atoms with van der Waals surface area (Å²) in [6, 6.07) is 2.34. The van der Waals surface area contributed by atoms with Crippen LogP contribution in [0.3, 0.4) is 0 Å². The molecule has 0 saturated carbocycles. The Morgan fingerprint density at radius 3 is 2.95 bits per heavy atom. The molecule has 19 heavy (non-hydrogen) atoms. The molecule has 2 rings (SSSR count). The van der Waals surface area contributed by atoms with Gasteiger partial charge in [0, 0.05) is 18.8 Å². The number of nitrogens with zero attached hydrogens (tertiary/aromatic N) is 2. The molecule has 1 saturated heterocycles. The smallest absolute Gasteiger partial charge is 0.263 e. The minimum atomic E-state index is -3.87. The number of hydrogen-bond donors (Lipinski definition) is 1. The van der Waals surface area contributed by atoms with Gasteiger partial charge in [0.1, 0.15) is 0 Å². The molecule has 1 aromatic heterocycles. The van der Waals surface area contributed by atoms with Gasteiger partial charge in [0.05, 0.1) is 0 Å². The van der Waals surface area contributed by atoms with Crippen molar-refractivity contribution in [1.82, 2.24) is 9.29 Å². The number of piperidine rings is 1. The molecule has 0 amide bonds. The van der Waals surface area contributed by atoms with E-state index >= 15 is 0 Å². The number of sulfonamides is 1. The Hall–Kier alpha value is -1.05. The highest BCUT2D eigenvalue weighted by atomic mass is 32.2. The second-order valence-corrected chi connectivity index (χ2v) is 6.44. The molecular weight excluding hydrogens is 269 g/mol. The van der Waals surface area contributed by atoms with Gasteiger partial charge in [-0.1, -0.05) is 6.42 Å². The van der Waals surface area contributed by atoms with E-state index in [1.165, 1.54) is 16.6 Å². The summed E-state index contributed by atoms with van der Waals surface area (Å²) in [6.07, 6.45) is 4.41. The van der Waals surface area contributed by atoms with Crippen molar-refractivity contribution in [2.45, 2.75) is 36.8 Å². The first-order chi connectivity index (χ1) is 9.07. The fourth-order valence-electron chi connectivity index (χ4n) is 2.44. The van der Waals surface area contributed by atoms with Crippen LogP contribution in [0.2, 0.25) is 0 Å². The largest absolute Gasteiger partial charge is 0.330 e. The molecule has 0 spiro atoms. The van der Waals surface area contributed by atoms with Crippen molar-refractivity contribution in [2.75, 3.05) is 13.1 Å². The van der Waals surface area contributed by atoms with Gasteiger partial charge in [-0.15, -0.1) is 0 Å². The number of rotatable bonds is 4. The molecule has 106 valence electrons. The summed E-state index contributed by atoms with van der Waals surface area (Å²) in [5, 5.41) is -0.487. The van der Waals surface area contributed by atoms with Gasteiger partial charge in [-0.3, -0.25) is 0 Å². The van der Waals surface area contributed by atoms with Gasteiger partial charge in [-0.2, -0.15) is 4.31 Å². The fraction of sp³-hybridized carbons (Fsp3) is 0.583. The lowest BCUT2D eigenvalue weighted by Gasteiger charge is -2.34. The summed E-state index contributed by atoms with van der Waals surface area (Å²) in [4.78, 5) is 3.68. The number of aromatic nitrogens is 1. The quantitative estimate of drug-likeness (QED) is 0.900. The molecule has 1 aliphatic rings. The van der Waals surface area contributed by atoms with Gasteiger partial charge in [0.15, 0.2) is 5.82 Å². The van der Waals surface area contributed by atoms with E-state index in [1.807, 2.05) is 0 Å². The minimum absolute atomic E-state index is 0.148. The van der Waals surface area contributed by atoms with Crippen LogP contribution in [-0.4, -0.2) is 36.8 Å². The van der Waals surface area contributed by atoms with Crippen LogP contribution >= 0.6 is 0 Å². The van der Waals surface area contributed by atoms with E-state index in [0.717, 1.165) is 25.3 Å². The summed E-state index contributed by atoms with van der Waals surface area (Å²) < 4.78 is 40.0. The van der Waals surface area contributed by atoms with Crippen LogP contribution in [0.4, 0.5) is 4.39 Å². The zero-order valence-electron chi connectivity index (χ0n) is 10.6. The SMILES string of the molecule is NCCC1CCCCN1S(=O)(=O)c1ncccc1F.